The topological polar surface area (TPSA) is 39.1 Å². The SMILES string of the molecule is CNCCC1CCCCN1c1cc(F)cc(C#N)c1. The summed E-state index contributed by atoms with van der Waals surface area (Å²) in [7, 11) is 1.95. The molecular formula is C15H20FN3. The number of anilines is 1. The third-order valence-electron chi connectivity index (χ3n) is 3.70. The minimum absolute atomic E-state index is 0.327. The summed E-state index contributed by atoms with van der Waals surface area (Å²) in [5.74, 6) is -0.327. The van der Waals surface area contributed by atoms with Crippen LogP contribution in [0.2, 0.25) is 0 Å². The molecule has 1 saturated heterocycles. The number of nitriles is 1. The molecule has 3 nitrogen and oxygen atoms in total. The smallest absolute Gasteiger partial charge is 0.126 e. The van der Waals surface area contributed by atoms with E-state index in [0.29, 0.717) is 11.6 Å². The Labute approximate surface area is 114 Å². The zero-order valence-electron chi connectivity index (χ0n) is 11.3. The highest BCUT2D eigenvalue weighted by atomic mass is 19.1. The van der Waals surface area contributed by atoms with Crippen LogP contribution >= 0.6 is 0 Å². The molecule has 1 aromatic carbocycles. The van der Waals surface area contributed by atoms with Gasteiger partial charge in [0.1, 0.15) is 5.82 Å². The Hall–Kier alpha value is -1.60. The zero-order chi connectivity index (χ0) is 13.7. The van der Waals surface area contributed by atoms with E-state index in [9.17, 15) is 4.39 Å². The van der Waals surface area contributed by atoms with Crippen LogP contribution < -0.4 is 10.2 Å². The molecule has 1 heterocycles. The molecule has 0 saturated carbocycles. The molecule has 1 unspecified atom stereocenters. The first-order valence-electron chi connectivity index (χ1n) is 6.86. The molecule has 1 fully saturated rings. The van der Waals surface area contributed by atoms with Crippen molar-refractivity contribution in [3.05, 3.63) is 29.6 Å². The molecule has 1 atom stereocenters. The molecule has 0 radical (unpaired) electrons. The minimum Gasteiger partial charge on any atom is -0.368 e. The van der Waals surface area contributed by atoms with Gasteiger partial charge in [0.25, 0.3) is 0 Å². The average Bonchev–Trinajstić information content (AvgIpc) is 2.44. The van der Waals surface area contributed by atoms with Crippen molar-refractivity contribution < 1.29 is 4.39 Å². The van der Waals surface area contributed by atoms with Crippen LogP contribution in [-0.4, -0.2) is 26.2 Å². The first kappa shape index (κ1) is 13.8. The molecule has 1 aliphatic heterocycles. The lowest BCUT2D eigenvalue weighted by molar-refractivity contribution is 0.433. The molecule has 1 aromatic rings. The van der Waals surface area contributed by atoms with Crippen molar-refractivity contribution in [2.24, 2.45) is 0 Å². The standard InChI is InChI=1S/C15H20FN3/c1-18-6-5-14-4-2-3-7-19(14)15-9-12(11-17)8-13(16)10-15/h8-10,14,18H,2-7H2,1H3. The van der Waals surface area contributed by atoms with Gasteiger partial charge in [-0.15, -0.1) is 0 Å². The van der Waals surface area contributed by atoms with Gasteiger partial charge in [-0.25, -0.2) is 4.39 Å². The first-order valence-corrected chi connectivity index (χ1v) is 6.86. The maximum atomic E-state index is 13.6. The molecule has 0 aliphatic carbocycles. The van der Waals surface area contributed by atoms with Crippen molar-refractivity contribution in [2.75, 3.05) is 25.0 Å². The van der Waals surface area contributed by atoms with Gasteiger partial charge in [0.05, 0.1) is 11.6 Å². The Balaban J connectivity index is 2.21. The van der Waals surface area contributed by atoms with E-state index in [1.165, 1.54) is 12.5 Å². The number of halogens is 1. The summed E-state index contributed by atoms with van der Waals surface area (Å²) in [6.45, 7) is 1.91. The van der Waals surface area contributed by atoms with Gasteiger partial charge in [-0.05, 0) is 57.5 Å². The fourth-order valence-electron chi connectivity index (χ4n) is 2.76. The lowest BCUT2D eigenvalue weighted by atomic mass is 9.98. The summed E-state index contributed by atoms with van der Waals surface area (Å²) in [4.78, 5) is 2.25. The van der Waals surface area contributed by atoms with E-state index in [1.54, 1.807) is 12.1 Å². The van der Waals surface area contributed by atoms with Gasteiger partial charge >= 0.3 is 0 Å². The quantitative estimate of drug-likeness (QED) is 0.905. The number of benzene rings is 1. The van der Waals surface area contributed by atoms with Crippen LogP contribution in [0.4, 0.5) is 10.1 Å². The van der Waals surface area contributed by atoms with Crippen LogP contribution in [0.3, 0.4) is 0 Å². The largest absolute Gasteiger partial charge is 0.368 e. The molecule has 0 aromatic heterocycles. The number of nitrogens with zero attached hydrogens (tertiary/aromatic N) is 2. The van der Waals surface area contributed by atoms with E-state index in [-0.39, 0.29) is 5.82 Å². The second-order valence-corrected chi connectivity index (χ2v) is 5.05. The van der Waals surface area contributed by atoms with E-state index < -0.39 is 0 Å². The monoisotopic (exact) mass is 261 g/mol. The van der Waals surface area contributed by atoms with Gasteiger partial charge in [0.15, 0.2) is 0 Å². The second-order valence-electron chi connectivity index (χ2n) is 5.05. The number of hydrogen-bond donors (Lipinski definition) is 1. The number of hydrogen-bond acceptors (Lipinski definition) is 3. The van der Waals surface area contributed by atoms with Crippen LogP contribution in [0.15, 0.2) is 18.2 Å². The molecule has 1 N–H and O–H groups in total. The Morgan fingerprint density at radius 2 is 2.26 bits per heavy atom. The summed E-state index contributed by atoms with van der Waals surface area (Å²) in [5, 5.41) is 12.1. The maximum absolute atomic E-state index is 13.6. The molecule has 0 amide bonds. The van der Waals surface area contributed by atoms with E-state index in [0.717, 1.165) is 38.0 Å². The summed E-state index contributed by atoms with van der Waals surface area (Å²) in [5.41, 5.74) is 1.24. The Bertz CT molecular complexity index is 467. The lowest BCUT2D eigenvalue weighted by Gasteiger charge is -2.38. The Kier molecular flexibility index (Phi) is 4.75. The van der Waals surface area contributed by atoms with E-state index in [2.05, 4.69) is 10.2 Å². The van der Waals surface area contributed by atoms with E-state index >= 15 is 0 Å². The molecule has 2 rings (SSSR count). The van der Waals surface area contributed by atoms with Crippen LogP contribution in [0.5, 0.6) is 0 Å². The van der Waals surface area contributed by atoms with Crippen LogP contribution in [0.1, 0.15) is 31.2 Å². The lowest BCUT2D eigenvalue weighted by Crippen LogP contribution is -2.41. The predicted octanol–water partition coefficient (Wildman–Crippen LogP) is 2.67. The minimum atomic E-state index is -0.327. The van der Waals surface area contributed by atoms with E-state index in [1.807, 2.05) is 13.1 Å². The fourth-order valence-corrected chi connectivity index (χ4v) is 2.76. The summed E-state index contributed by atoms with van der Waals surface area (Å²) >= 11 is 0. The molecule has 4 heteroatoms. The van der Waals surface area contributed by atoms with Crippen LogP contribution in [-0.2, 0) is 0 Å². The van der Waals surface area contributed by atoms with Gasteiger partial charge in [0.2, 0.25) is 0 Å². The van der Waals surface area contributed by atoms with E-state index in [4.69, 9.17) is 5.26 Å². The normalized spacial score (nSPS) is 19.2. The van der Waals surface area contributed by atoms with Crippen LogP contribution in [0.25, 0.3) is 0 Å². The molecule has 0 bridgehead atoms. The zero-order valence-corrected chi connectivity index (χ0v) is 11.3. The number of nitrogens with one attached hydrogen (secondary N) is 1. The van der Waals surface area contributed by atoms with Crippen molar-refractivity contribution >= 4 is 5.69 Å². The molecule has 1 aliphatic rings. The third kappa shape index (κ3) is 3.45. The highest BCUT2D eigenvalue weighted by molar-refractivity contribution is 5.53. The maximum Gasteiger partial charge on any atom is 0.126 e. The first-order chi connectivity index (χ1) is 9.24. The molecule has 102 valence electrons. The molecule has 19 heavy (non-hydrogen) atoms. The Morgan fingerprint density at radius 3 is 3.00 bits per heavy atom. The molecule has 0 spiro atoms. The Morgan fingerprint density at radius 1 is 1.42 bits per heavy atom. The molecular weight excluding hydrogens is 241 g/mol. The summed E-state index contributed by atoms with van der Waals surface area (Å²) < 4.78 is 13.6. The third-order valence-corrected chi connectivity index (χ3v) is 3.70. The highest BCUT2D eigenvalue weighted by Crippen LogP contribution is 2.27. The predicted molar refractivity (Wildman–Crippen MR) is 74.6 cm³/mol. The van der Waals surface area contributed by atoms with Crippen molar-refractivity contribution in [1.29, 1.82) is 5.26 Å². The second kappa shape index (κ2) is 6.53. The highest BCUT2D eigenvalue weighted by Gasteiger charge is 2.22. The van der Waals surface area contributed by atoms with Crippen LogP contribution in [0, 0.1) is 17.1 Å². The van der Waals surface area contributed by atoms with Crippen molar-refractivity contribution in [2.45, 2.75) is 31.7 Å². The van der Waals surface area contributed by atoms with Gasteiger partial charge in [0, 0.05) is 18.3 Å². The number of rotatable bonds is 4. The van der Waals surface area contributed by atoms with Crippen molar-refractivity contribution in [1.82, 2.24) is 5.32 Å². The van der Waals surface area contributed by atoms with Crippen molar-refractivity contribution in [3.63, 3.8) is 0 Å². The average molecular weight is 261 g/mol. The van der Waals surface area contributed by atoms with Gasteiger partial charge in [-0.2, -0.15) is 5.26 Å². The van der Waals surface area contributed by atoms with Crippen molar-refractivity contribution in [3.8, 4) is 6.07 Å². The van der Waals surface area contributed by atoms with Gasteiger partial charge in [-0.1, -0.05) is 0 Å². The van der Waals surface area contributed by atoms with Gasteiger partial charge < -0.3 is 10.2 Å². The summed E-state index contributed by atoms with van der Waals surface area (Å²) in [6.07, 6.45) is 4.55. The van der Waals surface area contributed by atoms with Gasteiger partial charge in [-0.3, -0.25) is 0 Å². The fraction of sp³-hybridized carbons (Fsp3) is 0.533. The summed E-state index contributed by atoms with van der Waals surface area (Å²) in [6, 6.07) is 7.09. The number of piperidine rings is 1.